The first-order valence-corrected chi connectivity index (χ1v) is 9.16. The Morgan fingerprint density at radius 3 is 2.10 bits per heavy atom. The fourth-order valence-corrected chi connectivity index (χ4v) is 6.02. The fraction of sp³-hybridized carbons (Fsp3) is 0.333. The predicted molar refractivity (Wildman–Crippen MR) is 77.9 cm³/mol. The summed E-state index contributed by atoms with van der Waals surface area (Å²) in [6, 6.07) is 7.47. The number of hydrogen-bond donors (Lipinski definition) is 0. The van der Waals surface area contributed by atoms with E-state index in [1.807, 2.05) is 0 Å². The molecule has 20 heavy (non-hydrogen) atoms. The highest BCUT2D eigenvalue weighted by atomic mass is 32.2. The van der Waals surface area contributed by atoms with Crippen LogP contribution in [0.5, 0.6) is 0 Å². The molecule has 0 bridgehead atoms. The molecule has 0 atom stereocenters. The van der Waals surface area contributed by atoms with Gasteiger partial charge in [0.25, 0.3) is 9.84 Å². The Balaban J connectivity index is 2.63. The first-order valence-electron chi connectivity index (χ1n) is 5.70. The topological polar surface area (TPSA) is 34.1 Å². The molecule has 0 saturated carbocycles. The Morgan fingerprint density at radius 2 is 1.60 bits per heavy atom. The second kappa shape index (κ2) is 6.03. The van der Waals surface area contributed by atoms with Crippen molar-refractivity contribution in [3.05, 3.63) is 40.1 Å². The third kappa shape index (κ3) is 3.17. The first-order chi connectivity index (χ1) is 9.34. The van der Waals surface area contributed by atoms with Gasteiger partial charge < -0.3 is 0 Å². The van der Waals surface area contributed by atoms with Crippen LogP contribution < -0.4 is 0 Å². The minimum absolute atomic E-state index is 0.0849. The summed E-state index contributed by atoms with van der Waals surface area (Å²) >= 11 is 2.35. The summed E-state index contributed by atoms with van der Waals surface area (Å²) in [5.74, 6) is 1.26. The summed E-state index contributed by atoms with van der Waals surface area (Å²) in [7, 11) is -5.35. The largest absolute Gasteiger partial charge is 0.501 e. The Hall–Kier alpha value is -0.600. The normalized spacial score (nSPS) is 17.1. The van der Waals surface area contributed by atoms with Gasteiger partial charge in [0.15, 0.2) is 0 Å². The Morgan fingerprint density at radius 1 is 1.05 bits per heavy atom. The number of halogens is 3. The number of alkyl halides is 3. The van der Waals surface area contributed by atoms with Gasteiger partial charge in [-0.05, 0) is 23.5 Å². The molecule has 1 aliphatic rings. The summed E-state index contributed by atoms with van der Waals surface area (Å²) in [6.07, 6.45) is 0.854. The highest BCUT2D eigenvalue weighted by Gasteiger charge is 2.49. The van der Waals surface area contributed by atoms with Gasteiger partial charge in [-0.3, -0.25) is 0 Å². The SMILES string of the molecule is O=S(=O)(C(=C1SCCCS1)c1ccccc1)C(F)(F)F. The summed E-state index contributed by atoms with van der Waals surface area (Å²) < 4.78 is 62.6. The first kappa shape index (κ1) is 15.8. The number of rotatable bonds is 2. The lowest BCUT2D eigenvalue weighted by Gasteiger charge is -2.19. The van der Waals surface area contributed by atoms with Gasteiger partial charge in [-0.1, -0.05) is 30.3 Å². The molecule has 1 aromatic rings. The van der Waals surface area contributed by atoms with Crippen molar-refractivity contribution in [3.8, 4) is 0 Å². The molecule has 1 aromatic carbocycles. The highest BCUT2D eigenvalue weighted by molar-refractivity contribution is 8.24. The zero-order valence-corrected chi connectivity index (χ0v) is 12.6. The van der Waals surface area contributed by atoms with E-state index < -0.39 is 20.3 Å². The van der Waals surface area contributed by atoms with E-state index in [1.54, 1.807) is 6.07 Å². The lowest BCUT2D eigenvalue weighted by molar-refractivity contribution is -0.0420. The van der Waals surface area contributed by atoms with Gasteiger partial charge in [0.05, 0.1) is 4.24 Å². The molecule has 0 unspecified atom stereocenters. The maximum Gasteiger partial charge on any atom is 0.501 e. The van der Waals surface area contributed by atoms with E-state index in [0.29, 0.717) is 11.5 Å². The van der Waals surface area contributed by atoms with E-state index in [2.05, 4.69) is 0 Å². The molecule has 2 rings (SSSR count). The second-order valence-electron chi connectivity index (χ2n) is 3.98. The van der Waals surface area contributed by atoms with Crippen LogP contribution in [0, 0.1) is 0 Å². The molecule has 1 saturated heterocycles. The lowest BCUT2D eigenvalue weighted by Crippen LogP contribution is -2.25. The molecular formula is C12H11F3O2S3. The molecule has 1 fully saturated rings. The van der Waals surface area contributed by atoms with Gasteiger partial charge in [0.2, 0.25) is 0 Å². The van der Waals surface area contributed by atoms with Gasteiger partial charge in [-0.2, -0.15) is 13.2 Å². The van der Waals surface area contributed by atoms with E-state index in [9.17, 15) is 21.6 Å². The van der Waals surface area contributed by atoms with Crippen LogP contribution in [0.15, 0.2) is 34.6 Å². The van der Waals surface area contributed by atoms with Crippen LogP contribution in [0.25, 0.3) is 4.91 Å². The van der Waals surface area contributed by atoms with Gasteiger partial charge in [0.1, 0.15) is 4.91 Å². The predicted octanol–water partition coefficient (Wildman–Crippen LogP) is 4.12. The Bertz CT molecular complexity index is 599. The Labute approximate surface area is 123 Å². The van der Waals surface area contributed by atoms with Crippen molar-refractivity contribution in [2.75, 3.05) is 11.5 Å². The molecule has 0 radical (unpaired) electrons. The third-order valence-electron chi connectivity index (χ3n) is 2.55. The van der Waals surface area contributed by atoms with Crippen molar-refractivity contribution >= 4 is 38.3 Å². The molecule has 0 aromatic heterocycles. The quantitative estimate of drug-likeness (QED) is 0.811. The molecule has 0 N–H and O–H groups in total. The minimum Gasteiger partial charge on any atom is -0.214 e. The maximum absolute atomic E-state index is 12.9. The Kier molecular flexibility index (Phi) is 4.76. The maximum atomic E-state index is 12.9. The number of thioether (sulfide) groups is 2. The van der Waals surface area contributed by atoms with E-state index in [4.69, 9.17) is 0 Å². The number of benzene rings is 1. The van der Waals surface area contributed by atoms with Crippen molar-refractivity contribution in [2.24, 2.45) is 0 Å². The molecule has 1 heterocycles. The standard InChI is InChI=1S/C12H11F3O2S3/c13-12(14,15)20(16,17)10(9-5-2-1-3-6-9)11-18-7-4-8-19-11/h1-3,5-6H,4,7-8H2. The zero-order valence-electron chi connectivity index (χ0n) is 10.2. The summed E-state index contributed by atoms with van der Waals surface area (Å²) in [6.45, 7) is 0. The van der Waals surface area contributed by atoms with E-state index >= 15 is 0 Å². The van der Waals surface area contributed by atoms with E-state index in [-0.39, 0.29) is 9.80 Å². The lowest BCUT2D eigenvalue weighted by atomic mass is 10.2. The van der Waals surface area contributed by atoms with Crippen LogP contribution in [0.4, 0.5) is 13.2 Å². The van der Waals surface area contributed by atoms with Crippen LogP contribution in [-0.2, 0) is 9.84 Å². The average Bonchev–Trinajstić information content (AvgIpc) is 2.40. The van der Waals surface area contributed by atoms with Crippen molar-refractivity contribution in [1.82, 2.24) is 0 Å². The minimum atomic E-state index is -5.35. The van der Waals surface area contributed by atoms with Crippen molar-refractivity contribution in [3.63, 3.8) is 0 Å². The molecule has 0 spiro atoms. The number of hydrogen-bond acceptors (Lipinski definition) is 4. The van der Waals surface area contributed by atoms with Gasteiger partial charge in [-0.15, -0.1) is 23.5 Å². The van der Waals surface area contributed by atoms with Crippen LogP contribution in [0.2, 0.25) is 0 Å². The third-order valence-corrected chi connectivity index (χ3v) is 7.02. The zero-order chi connectivity index (χ0) is 14.8. The monoisotopic (exact) mass is 340 g/mol. The molecule has 8 heteroatoms. The van der Waals surface area contributed by atoms with Crippen molar-refractivity contribution in [1.29, 1.82) is 0 Å². The molecule has 1 aliphatic heterocycles. The van der Waals surface area contributed by atoms with Gasteiger partial charge in [-0.25, -0.2) is 8.42 Å². The highest BCUT2D eigenvalue weighted by Crippen LogP contribution is 2.46. The van der Waals surface area contributed by atoms with Crippen molar-refractivity contribution in [2.45, 2.75) is 11.9 Å². The van der Waals surface area contributed by atoms with Gasteiger partial charge >= 0.3 is 5.51 Å². The van der Waals surface area contributed by atoms with Crippen LogP contribution >= 0.6 is 23.5 Å². The second-order valence-corrected chi connectivity index (χ2v) is 8.33. The molecule has 0 amide bonds. The van der Waals surface area contributed by atoms with Crippen molar-refractivity contribution < 1.29 is 21.6 Å². The molecular weight excluding hydrogens is 329 g/mol. The average molecular weight is 340 g/mol. The fourth-order valence-electron chi connectivity index (χ4n) is 1.65. The van der Waals surface area contributed by atoms with Crippen LogP contribution in [-0.4, -0.2) is 25.4 Å². The van der Waals surface area contributed by atoms with Gasteiger partial charge in [0, 0.05) is 0 Å². The van der Waals surface area contributed by atoms with E-state index in [0.717, 1.165) is 6.42 Å². The van der Waals surface area contributed by atoms with Crippen LogP contribution in [0.1, 0.15) is 12.0 Å². The molecule has 0 aliphatic carbocycles. The summed E-state index contributed by atoms with van der Waals surface area (Å²) in [5, 5.41) is 0. The molecule has 110 valence electrons. The summed E-state index contributed by atoms with van der Waals surface area (Å²) in [5.41, 5.74) is -5.20. The number of sulfone groups is 1. The van der Waals surface area contributed by atoms with Crippen LogP contribution in [0.3, 0.4) is 0 Å². The smallest absolute Gasteiger partial charge is 0.214 e. The molecule has 2 nitrogen and oxygen atoms in total. The summed E-state index contributed by atoms with van der Waals surface area (Å²) in [4.78, 5) is -0.611. The van der Waals surface area contributed by atoms with E-state index in [1.165, 1.54) is 47.8 Å².